The van der Waals surface area contributed by atoms with Crippen molar-refractivity contribution < 1.29 is 0 Å². The summed E-state index contributed by atoms with van der Waals surface area (Å²) in [6.07, 6.45) is 2.13. The van der Waals surface area contributed by atoms with Gasteiger partial charge >= 0.3 is 0 Å². The molecule has 0 saturated heterocycles. The maximum Gasteiger partial charge on any atom is 0.143 e. The van der Waals surface area contributed by atoms with Crippen LogP contribution in [0.15, 0.2) is 10.8 Å². The predicted molar refractivity (Wildman–Crippen MR) is 65.8 cm³/mol. The Hall–Kier alpha value is -1.25. The lowest BCUT2D eigenvalue weighted by atomic mass is 10.1. The second kappa shape index (κ2) is 4.94. The van der Waals surface area contributed by atoms with Crippen LogP contribution in [0, 0.1) is 6.92 Å². The summed E-state index contributed by atoms with van der Waals surface area (Å²) in [6.45, 7) is 1.95. The Morgan fingerprint density at radius 1 is 1.65 bits per heavy atom. The SMILES string of the molecule is Cc1nn(C)c(CC(NN)c2ncn[nH]2)c1Br. The number of nitrogens with two attached hydrogens (primary N) is 1. The standard InChI is InChI=1S/C9H14BrN7/c1-5-8(10)7(17(2)16-5)3-6(14-11)9-12-4-13-15-9/h4,6,14H,3,11H2,1-2H3,(H,12,13,15). The fraction of sp³-hybridized carbons (Fsp3) is 0.444. The van der Waals surface area contributed by atoms with Gasteiger partial charge in [-0.05, 0) is 22.9 Å². The summed E-state index contributed by atoms with van der Waals surface area (Å²) in [7, 11) is 1.90. The second-order valence-electron chi connectivity index (χ2n) is 3.76. The van der Waals surface area contributed by atoms with E-state index in [0.29, 0.717) is 12.2 Å². The van der Waals surface area contributed by atoms with Gasteiger partial charge in [0.15, 0.2) is 0 Å². The number of hydrogen-bond donors (Lipinski definition) is 3. The molecule has 0 aliphatic carbocycles. The van der Waals surface area contributed by atoms with Crippen LogP contribution in [-0.4, -0.2) is 25.0 Å². The first-order valence-electron chi connectivity index (χ1n) is 5.12. The lowest BCUT2D eigenvalue weighted by Gasteiger charge is -2.13. The minimum absolute atomic E-state index is 0.122. The van der Waals surface area contributed by atoms with Gasteiger partial charge in [0.25, 0.3) is 0 Å². The van der Waals surface area contributed by atoms with E-state index in [4.69, 9.17) is 5.84 Å². The molecule has 2 rings (SSSR count). The third kappa shape index (κ3) is 2.38. The molecule has 7 nitrogen and oxygen atoms in total. The molecular weight excluding hydrogens is 286 g/mol. The van der Waals surface area contributed by atoms with Gasteiger partial charge in [-0.25, -0.2) is 10.4 Å². The molecule has 0 fully saturated rings. The normalized spacial score (nSPS) is 12.9. The summed E-state index contributed by atoms with van der Waals surface area (Å²) in [6, 6.07) is -0.122. The highest BCUT2D eigenvalue weighted by Crippen LogP contribution is 2.24. The molecule has 0 bridgehead atoms. The fourth-order valence-electron chi connectivity index (χ4n) is 1.71. The third-order valence-corrected chi connectivity index (χ3v) is 3.66. The van der Waals surface area contributed by atoms with Crippen molar-refractivity contribution >= 4 is 15.9 Å². The molecule has 2 heterocycles. The van der Waals surface area contributed by atoms with Crippen molar-refractivity contribution in [2.24, 2.45) is 12.9 Å². The number of nitrogens with zero attached hydrogens (tertiary/aromatic N) is 4. The zero-order valence-electron chi connectivity index (χ0n) is 9.61. The van der Waals surface area contributed by atoms with Crippen LogP contribution in [0.5, 0.6) is 0 Å². The molecule has 17 heavy (non-hydrogen) atoms. The maximum atomic E-state index is 5.54. The number of aromatic nitrogens is 5. The van der Waals surface area contributed by atoms with Crippen molar-refractivity contribution in [3.05, 3.63) is 28.0 Å². The molecule has 0 aliphatic heterocycles. The van der Waals surface area contributed by atoms with E-state index in [1.807, 2.05) is 18.7 Å². The van der Waals surface area contributed by atoms with Gasteiger partial charge in [0, 0.05) is 13.5 Å². The number of halogens is 1. The number of hydrogen-bond acceptors (Lipinski definition) is 5. The zero-order valence-corrected chi connectivity index (χ0v) is 11.2. The summed E-state index contributed by atoms with van der Waals surface area (Å²) in [5.74, 6) is 6.24. The molecule has 1 atom stereocenters. The Bertz CT molecular complexity index is 490. The molecule has 0 spiro atoms. The van der Waals surface area contributed by atoms with Gasteiger partial charge in [0.05, 0.1) is 21.9 Å². The Balaban J connectivity index is 2.24. The van der Waals surface area contributed by atoms with Crippen molar-refractivity contribution in [1.82, 2.24) is 30.4 Å². The summed E-state index contributed by atoms with van der Waals surface area (Å²) < 4.78 is 2.83. The molecular formula is C9H14BrN7. The minimum atomic E-state index is -0.122. The Labute approximate surface area is 107 Å². The number of aromatic amines is 1. The quantitative estimate of drug-likeness (QED) is 0.559. The maximum absolute atomic E-state index is 5.54. The lowest BCUT2D eigenvalue weighted by molar-refractivity contribution is 0.506. The number of hydrazine groups is 1. The predicted octanol–water partition coefficient (Wildman–Crippen LogP) is 0.356. The number of aryl methyl sites for hydroxylation is 2. The summed E-state index contributed by atoms with van der Waals surface area (Å²) in [5, 5.41) is 11.0. The number of rotatable bonds is 4. The Morgan fingerprint density at radius 3 is 2.88 bits per heavy atom. The Morgan fingerprint density at radius 2 is 2.41 bits per heavy atom. The van der Waals surface area contributed by atoms with Crippen molar-refractivity contribution in [2.75, 3.05) is 0 Å². The molecule has 2 aromatic heterocycles. The topological polar surface area (TPSA) is 97.4 Å². The molecule has 4 N–H and O–H groups in total. The fourth-order valence-corrected chi connectivity index (χ4v) is 2.21. The first kappa shape index (κ1) is 12.2. The van der Waals surface area contributed by atoms with Gasteiger partial charge in [0.2, 0.25) is 0 Å². The second-order valence-corrected chi connectivity index (χ2v) is 4.56. The summed E-state index contributed by atoms with van der Waals surface area (Å²) >= 11 is 3.52. The monoisotopic (exact) mass is 299 g/mol. The van der Waals surface area contributed by atoms with Crippen LogP contribution in [0.1, 0.15) is 23.3 Å². The van der Waals surface area contributed by atoms with E-state index in [-0.39, 0.29) is 6.04 Å². The third-order valence-electron chi connectivity index (χ3n) is 2.62. The van der Waals surface area contributed by atoms with E-state index < -0.39 is 0 Å². The zero-order chi connectivity index (χ0) is 12.4. The van der Waals surface area contributed by atoms with Crippen LogP contribution in [0.25, 0.3) is 0 Å². The van der Waals surface area contributed by atoms with Crippen molar-refractivity contribution in [3.63, 3.8) is 0 Å². The average Bonchev–Trinajstić information content (AvgIpc) is 2.89. The summed E-state index contributed by atoms with van der Waals surface area (Å²) in [5.41, 5.74) is 4.73. The van der Waals surface area contributed by atoms with Gasteiger partial charge in [-0.15, -0.1) is 0 Å². The van der Waals surface area contributed by atoms with E-state index in [1.165, 1.54) is 6.33 Å². The molecule has 0 aliphatic rings. The number of H-pyrrole nitrogens is 1. The first-order chi connectivity index (χ1) is 8.13. The first-order valence-corrected chi connectivity index (χ1v) is 5.92. The molecule has 0 aromatic carbocycles. The molecule has 2 aromatic rings. The molecule has 8 heteroatoms. The molecule has 0 amide bonds. The van der Waals surface area contributed by atoms with E-state index in [9.17, 15) is 0 Å². The van der Waals surface area contributed by atoms with Crippen molar-refractivity contribution in [1.29, 1.82) is 0 Å². The van der Waals surface area contributed by atoms with Crippen molar-refractivity contribution in [3.8, 4) is 0 Å². The van der Waals surface area contributed by atoms with Crippen LogP contribution < -0.4 is 11.3 Å². The van der Waals surface area contributed by atoms with Gasteiger partial charge in [-0.2, -0.15) is 10.2 Å². The van der Waals surface area contributed by atoms with E-state index in [0.717, 1.165) is 15.9 Å². The van der Waals surface area contributed by atoms with Gasteiger partial charge < -0.3 is 0 Å². The molecule has 0 saturated carbocycles. The van der Waals surface area contributed by atoms with Gasteiger partial charge in [-0.3, -0.25) is 15.6 Å². The summed E-state index contributed by atoms with van der Waals surface area (Å²) in [4.78, 5) is 4.10. The van der Waals surface area contributed by atoms with Crippen LogP contribution in [0.4, 0.5) is 0 Å². The van der Waals surface area contributed by atoms with E-state index >= 15 is 0 Å². The van der Waals surface area contributed by atoms with Gasteiger partial charge in [0.1, 0.15) is 12.2 Å². The van der Waals surface area contributed by atoms with Gasteiger partial charge in [-0.1, -0.05) is 0 Å². The Kier molecular flexibility index (Phi) is 3.55. The van der Waals surface area contributed by atoms with Crippen LogP contribution in [-0.2, 0) is 13.5 Å². The smallest absolute Gasteiger partial charge is 0.143 e. The molecule has 92 valence electrons. The lowest BCUT2D eigenvalue weighted by Crippen LogP contribution is -2.31. The van der Waals surface area contributed by atoms with Crippen molar-refractivity contribution in [2.45, 2.75) is 19.4 Å². The van der Waals surface area contributed by atoms with Crippen LogP contribution in [0.2, 0.25) is 0 Å². The number of nitrogens with one attached hydrogen (secondary N) is 2. The molecule has 0 radical (unpaired) electrons. The highest BCUT2D eigenvalue weighted by molar-refractivity contribution is 9.10. The molecule has 1 unspecified atom stereocenters. The average molecular weight is 300 g/mol. The van der Waals surface area contributed by atoms with E-state index in [1.54, 1.807) is 0 Å². The highest BCUT2D eigenvalue weighted by Gasteiger charge is 2.19. The largest absolute Gasteiger partial charge is 0.271 e. The van der Waals surface area contributed by atoms with E-state index in [2.05, 4.69) is 41.6 Å². The highest BCUT2D eigenvalue weighted by atomic mass is 79.9. The van der Waals surface area contributed by atoms with Crippen LogP contribution in [0.3, 0.4) is 0 Å². The van der Waals surface area contributed by atoms with Crippen LogP contribution >= 0.6 is 15.9 Å². The minimum Gasteiger partial charge on any atom is -0.271 e.